The zero-order valence-corrected chi connectivity index (χ0v) is 22.7. The summed E-state index contributed by atoms with van der Waals surface area (Å²) in [5, 5.41) is 1.96. The van der Waals surface area contributed by atoms with Gasteiger partial charge in [0.25, 0.3) is 0 Å². The highest BCUT2D eigenvalue weighted by atomic mass is 35.5. The van der Waals surface area contributed by atoms with Crippen LogP contribution >= 0.6 is 23.4 Å². The molecule has 0 aliphatic heterocycles. The Morgan fingerprint density at radius 2 is 1.08 bits per heavy atom. The standard InChI is InChI=1S/C35H28ClNS/c1-25-33(30-22-12-14-24-32(30)37-25)34(29-21-11-13-23-31(29)36)38-35(26-15-5-2-6-16-26,27-17-7-3-8-18-27)28-19-9-4-10-20-28/h2-24,34,37H,1H3/t34-/m1/s1. The van der Waals surface area contributed by atoms with Crippen molar-refractivity contribution in [3.8, 4) is 0 Å². The second kappa shape index (κ2) is 10.6. The van der Waals surface area contributed by atoms with Gasteiger partial charge < -0.3 is 4.98 Å². The molecule has 38 heavy (non-hydrogen) atoms. The number of rotatable bonds is 7. The van der Waals surface area contributed by atoms with Crippen LogP contribution in [-0.4, -0.2) is 4.98 Å². The fourth-order valence-corrected chi connectivity index (χ4v) is 7.74. The Labute approximate surface area is 233 Å². The molecule has 0 aliphatic rings. The van der Waals surface area contributed by atoms with Crippen molar-refractivity contribution in [1.82, 2.24) is 4.98 Å². The third kappa shape index (κ3) is 4.34. The Kier molecular flexibility index (Phi) is 6.84. The monoisotopic (exact) mass is 529 g/mol. The summed E-state index contributed by atoms with van der Waals surface area (Å²) >= 11 is 8.93. The first-order valence-corrected chi connectivity index (χ1v) is 14.1. The summed E-state index contributed by atoms with van der Waals surface area (Å²) < 4.78 is -0.488. The van der Waals surface area contributed by atoms with E-state index in [2.05, 4.69) is 139 Å². The van der Waals surface area contributed by atoms with Crippen molar-refractivity contribution >= 4 is 34.3 Å². The van der Waals surface area contributed by atoms with Crippen molar-refractivity contribution in [2.24, 2.45) is 0 Å². The van der Waals surface area contributed by atoms with Crippen molar-refractivity contribution < 1.29 is 0 Å². The molecule has 1 heterocycles. The third-order valence-electron chi connectivity index (χ3n) is 7.23. The van der Waals surface area contributed by atoms with Crippen LogP contribution in [0.5, 0.6) is 0 Å². The lowest BCUT2D eigenvalue weighted by Crippen LogP contribution is -2.27. The van der Waals surface area contributed by atoms with E-state index in [0.29, 0.717) is 0 Å². The molecule has 6 aromatic rings. The van der Waals surface area contributed by atoms with Gasteiger partial charge in [0.2, 0.25) is 0 Å². The molecule has 0 saturated heterocycles. The Bertz CT molecular complexity index is 1560. The van der Waals surface area contributed by atoms with E-state index in [4.69, 9.17) is 11.6 Å². The Morgan fingerprint density at radius 1 is 0.605 bits per heavy atom. The predicted octanol–water partition coefficient (Wildman–Crippen LogP) is 9.94. The topological polar surface area (TPSA) is 15.8 Å². The van der Waals surface area contributed by atoms with Crippen molar-refractivity contribution in [2.75, 3.05) is 0 Å². The molecule has 186 valence electrons. The fourth-order valence-electron chi connectivity index (χ4n) is 5.50. The van der Waals surface area contributed by atoms with Gasteiger partial charge in [0.1, 0.15) is 0 Å². The molecule has 0 amide bonds. The van der Waals surface area contributed by atoms with E-state index in [-0.39, 0.29) is 5.25 Å². The number of halogens is 1. The molecule has 6 rings (SSSR count). The molecule has 1 aromatic heterocycles. The van der Waals surface area contributed by atoms with Gasteiger partial charge in [0.05, 0.1) is 10.00 Å². The molecule has 0 radical (unpaired) electrons. The molecule has 0 fully saturated rings. The predicted molar refractivity (Wildman–Crippen MR) is 163 cm³/mol. The van der Waals surface area contributed by atoms with Crippen LogP contribution in [0.3, 0.4) is 0 Å². The lowest BCUT2D eigenvalue weighted by atomic mass is 9.84. The summed E-state index contributed by atoms with van der Waals surface area (Å²) in [5.74, 6) is 0. The summed E-state index contributed by atoms with van der Waals surface area (Å²) in [6.07, 6.45) is 0. The van der Waals surface area contributed by atoms with E-state index in [0.717, 1.165) is 21.8 Å². The minimum absolute atomic E-state index is 0.0412. The number of hydrogen-bond donors (Lipinski definition) is 1. The molecule has 1 atom stereocenters. The quantitative estimate of drug-likeness (QED) is 0.203. The van der Waals surface area contributed by atoms with Crippen LogP contribution in [0.2, 0.25) is 5.02 Å². The van der Waals surface area contributed by atoms with Crippen LogP contribution in [0.1, 0.15) is 38.8 Å². The lowest BCUT2D eigenvalue weighted by molar-refractivity contribution is 0.885. The van der Waals surface area contributed by atoms with Gasteiger partial charge in [-0.2, -0.15) is 0 Å². The molecule has 0 bridgehead atoms. The van der Waals surface area contributed by atoms with Crippen LogP contribution in [0.4, 0.5) is 0 Å². The van der Waals surface area contributed by atoms with E-state index >= 15 is 0 Å². The Morgan fingerprint density at radius 3 is 1.63 bits per heavy atom. The third-order valence-corrected chi connectivity index (χ3v) is 9.36. The fraction of sp³-hybridized carbons (Fsp3) is 0.0857. The summed E-state index contributed by atoms with van der Waals surface area (Å²) in [4.78, 5) is 3.65. The van der Waals surface area contributed by atoms with Gasteiger partial charge in [-0.15, -0.1) is 11.8 Å². The molecule has 0 spiro atoms. The van der Waals surface area contributed by atoms with Crippen LogP contribution in [-0.2, 0) is 4.75 Å². The maximum Gasteiger partial charge on any atom is 0.0916 e. The van der Waals surface area contributed by atoms with Crippen LogP contribution < -0.4 is 0 Å². The molecule has 1 N–H and O–H groups in total. The smallest absolute Gasteiger partial charge is 0.0916 e. The van der Waals surface area contributed by atoms with Gasteiger partial charge in [-0.05, 0) is 46.9 Å². The summed E-state index contributed by atoms with van der Waals surface area (Å²) in [6, 6.07) is 49.4. The molecule has 0 saturated carbocycles. The van der Waals surface area contributed by atoms with Gasteiger partial charge >= 0.3 is 0 Å². The van der Waals surface area contributed by atoms with Gasteiger partial charge in [-0.25, -0.2) is 0 Å². The highest BCUT2D eigenvalue weighted by molar-refractivity contribution is 8.01. The Balaban J connectivity index is 1.68. The van der Waals surface area contributed by atoms with Gasteiger partial charge in [-0.3, -0.25) is 0 Å². The zero-order chi connectivity index (χ0) is 26.0. The summed E-state index contributed by atoms with van der Waals surface area (Å²) in [7, 11) is 0. The van der Waals surface area contributed by atoms with Crippen LogP contribution in [0.15, 0.2) is 140 Å². The number of fused-ring (bicyclic) bond motifs is 1. The average Bonchev–Trinajstić information content (AvgIpc) is 3.31. The first kappa shape index (κ1) is 24.6. The summed E-state index contributed by atoms with van der Waals surface area (Å²) in [6.45, 7) is 2.18. The maximum absolute atomic E-state index is 6.98. The highest BCUT2D eigenvalue weighted by Crippen LogP contribution is 2.57. The van der Waals surface area contributed by atoms with Gasteiger partial charge in [-0.1, -0.05) is 139 Å². The average molecular weight is 530 g/mol. The van der Waals surface area contributed by atoms with E-state index in [1.54, 1.807) is 0 Å². The minimum Gasteiger partial charge on any atom is -0.358 e. The number of aromatic nitrogens is 1. The Hall–Kier alpha value is -3.72. The SMILES string of the molecule is Cc1[nH]c2ccccc2c1[C@H](SC(c1ccccc1)(c1ccccc1)c1ccccc1)c1ccccc1Cl. The number of para-hydroxylation sites is 1. The van der Waals surface area contributed by atoms with Crippen molar-refractivity contribution in [2.45, 2.75) is 16.9 Å². The number of thioether (sulfide) groups is 1. The largest absolute Gasteiger partial charge is 0.358 e. The van der Waals surface area contributed by atoms with E-state index < -0.39 is 4.75 Å². The van der Waals surface area contributed by atoms with E-state index in [9.17, 15) is 0 Å². The number of aromatic amines is 1. The highest BCUT2D eigenvalue weighted by Gasteiger charge is 2.41. The van der Waals surface area contributed by atoms with Crippen LogP contribution in [0.25, 0.3) is 10.9 Å². The second-order valence-corrected chi connectivity index (χ2v) is 11.2. The van der Waals surface area contributed by atoms with E-state index in [1.807, 2.05) is 23.9 Å². The molecule has 0 aliphatic carbocycles. The van der Waals surface area contributed by atoms with Crippen LogP contribution in [0, 0.1) is 6.92 Å². The number of nitrogens with one attached hydrogen (secondary N) is 1. The minimum atomic E-state index is -0.488. The summed E-state index contributed by atoms with van der Waals surface area (Å²) in [5.41, 5.74) is 8.38. The van der Waals surface area contributed by atoms with Gasteiger partial charge in [0, 0.05) is 21.6 Å². The normalized spacial score (nSPS) is 12.5. The number of aryl methyl sites for hydroxylation is 1. The van der Waals surface area contributed by atoms with Crippen molar-refractivity contribution in [1.29, 1.82) is 0 Å². The number of H-pyrrole nitrogens is 1. The second-order valence-electron chi connectivity index (χ2n) is 9.51. The maximum atomic E-state index is 6.98. The first-order valence-electron chi connectivity index (χ1n) is 12.8. The van der Waals surface area contributed by atoms with Crippen molar-refractivity contribution in [3.63, 3.8) is 0 Å². The number of hydrogen-bond acceptors (Lipinski definition) is 1. The molecule has 0 unspecified atom stereocenters. The molecule has 3 heteroatoms. The first-order chi connectivity index (χ1) is 18.7. The molecule has 1 nitrogen and oxygen atoms in total. The molecular formula is C35H28ClNS. The lowest BCUT2D eigenvalue weighted by Gasteiger charge is -2.39. The number of benzene rings is 5. The van der Waals surface area contributed by atoms with E-state index in [1.165, 1.54) is 27.6 Å². The molecular weight excluding hydrogens is 502 g/mol. The van der Waals surface area contributed by atoms with Gasteiger partial charge in [0.15, 0.2) is 0 Å². The van der Waals surface area contributed by atoms with Crippen molar-refractivity contribution in [3.05, 3.63) is 178 Å². The molecule has 5 aromatic carbocycles. The zero-order valence-electron chi connectivity index (χ0n) is 21.1.